The van der Waals surface area contributed by atoms with Crippen LogP contribution in [0.15, 0.2) is 48.5 Å². The molecule has 23 heavy (non-hydrogen) atoms. The number of para-hydroxylation sites is 1. The van der Waals surface area contributed by atoms with Gasteiger partial charge >= 0.3 is 0 Å². The van der Waals surface area contributed by atoms with Crippen LogP contribution >= 0.6 is 11.6 Å². The molecule has 2 rings (SSSR count). The van der Waals surface area contributed by atoms with Crippen molar-refractivity contribution in [2.75, 3.05) is 19.0 Å². The SMILES string of the molecule is CNC(=O)c1ccc(Cl)c(NC(=O)CCOc2ccccc2)c1. The van der Waals surface area contributed by atoms with Crippen LogP contribution < -0.4 is 15.4 Å². The lowest BCUT2D eigenvalue weighted by Crippen LogP contribution is -2.19. The molecule has 120 valence electrons. The summed E-state index contributed by atoms with van der Waals surface area (Å²) in [7, 11) is 1.54. The Morgan fingerprint density at radius 2 is 1.87 bits per heavy atom. The highest BCUT2D eigenvalue weighted by molar-refractivity contribution is 6.33. The third kappa shape index (κ3) is 5.00. The van der Waals surface area contributed by atoms with Crippen LogP contribution in [0.1, 0.15) is 16.8 Å². The molecular weight excluding hydrogens is 316 g/mol. The van der Waals surface area contributed by atoms with Crippen LogP contribution in [-0.4, -0.2) is 25.5 Å². The van der Waals surface area contributed by atoms with Crippen LogP contribution in [0.4, 0.5) is 5.69 Å². The van der Waals surface area contributed by atoms with Gasteiger partial charge in [-0.15, -0.1) is 0 Å². The summed E-state index contributed by atoms with van der Waals surface area (Å²) in [6, 6.07) is 14.0. The van der Waals surface area contributed by atoms with E-state index in [-0.39, 0.29) is 24.8 Å². The zero-order chi connectivity index (χ0) is 16.7. The first kappa shape index (κ1) is 16.8. The third-order valence-electron chi connectivity index (χ3n) is 3.07. The van der Waals surface area contributed by atoms with Crippen molar-refractivity contribution < 1.29 is 14.3 Å². The fourth-order valence-electron chi connectivity index (χ4n) is 1.90. The van der Waals surface area contributed by atoms with Gasteiger partial charge in [0.05, 0.1) is 23.7 Å². The van der Waals surface area contributed by atoms with E-state index in [9.17, 15) is 9.59 Å². The molecule has 6 heteroatoms. The second-order valence-electron chi connectivity index (χ2n) is 4.73. The van der Waals surface area contributed by atoms with Gasteiger partial charge in [0.25, 0.3) is 5.91 Å². The third-order valence-corrected chi connectivity index (χ3v) is 3.40. The van der Waals surface area contributed by atoms with E-state index in [1.54, 1.807) is 12.1 Å². The highest BCUT2D eigenvalue weighted by Gasteiger charge is 2.10. The Hall–Kier alpha value is -2.53. The van der Waals surface area contributed by atoms with Crippen LogP contribution in [0.25, 0.3) is 0 Å². The van der Waals surface area contributed by atoms with E-state index in [1.807, 2.05) is 30.3 Å². The first-order chi connectivity index (χ1) is 11.1. The summed E-state index contributed by atoms with van der Waals surface area (Å²) in [5, 5.41) is 5.57. The molecule has 2 aromatic rings. The zero-order valence-electron chi connectivity index (χ0n) is 12.6. The number of rotatable bonds is 6. The number of ether oxygens (including phenoxy) is 1. The number of carbonyl (C=O) groups is 2. The lowest BCUT2D eigenvalue weighted by molar-refractivity contribution is -0.116. The van der Waals surface area contributed by atoms with E-state index in [0.29, 0.717) is 22.0 Å². The molecule has 0 aliphatic carbocycles. The molecule has 0 saturated heterocycles. The smallest absolute Gasteiger partial charge is 0.251 e. The molecular formula is C17H17ClN2O3. The maximum absolute atomic E-state index is 12.0. The molecule has 0 aromatic heterocycles. The summed E-state index contributed by atoms with van der Waals surface area (Å²) in [6.07, 6.45) is 0.176. The maximum atomic E-state index is 12.0. The average Bonchev–Trinajstić information content (AvgIpc) is 2.57. The molecule has 2 aromatic carbocycles. The Kier molecular flexibility index (Phi) is 6.00. The first-order valence-electron chi connectivity index (χ1n) is 7.09. The van der Waals surface area contributed by atoms with Crippen LogP contribution in [0.2, 0.25) is 5.02 Å². The lowest BCUT2D eigenvalue weighted by atomic mass is 10.2. The van der Waals surface area contributed by atoms with Gasteiger partial charge in [0, 0.05) is 12.6 Å². The second-order valence-corrected chi connectivity index (χ2v) is 5.14. The van der Waals surface area contributed by atoms with Gasteiger partial charge in [0.2, 0.25) is 5.91 Å². The molecule has 0 radical (unpaired) electrons. The Bertz CT molecular complexity index is 689. The number of nitrogens with one attached hydrogen (secondary N) is 2. The van der Waals surface area contributed by atoms with Crippen LogP contribution in [0, 0.1) is 0 Å². The minimum atomic E-state index is -0.246. The van der Waals surface area contributed by atoms with Crippen molar-refractivity contribution in [3.63, 3.8) is 0 Å². The molecule has 0 aliphatic heterocycles. The second kappa shape index (κ2) is 8.19. The summed E-state index contributed by atoms with van der Waals surface area (Å²) in [5.74, 6) is 0.224. The van der Waals surface area contributed by atoms with Gasteiger partial charge in [0.15, 0.2) is 0 Å². The summed E-state index contributed by atoms with van der Waals surface area (Å²) in [4.78, 5) is 23.6. The molecule has 0 bridgehead atoms. The zero-order valence-corrected chi connectivity index (χ0v) is 13.4. The summed E-state index contributed by atoms with van der Waals surface area (Å²) in [6.45, 7) is 0.253. The first-order valence-corrected chi connectivity index (χ1v) is 7.47. The minimum Gasteiger partial charge on any atom is -0.493 e. The standard InChI is InChI=1S/C17H17ClN2O3/c1-19-17(22)12-7-8-14(18)15(11-12)20-16(21)9-10-23-13-5-3-2-4-6-13/h2-8,11H,9-10H2,1H3,(H,19,22)(H,20,21). The fraction of sp³-hybridized carbons (Fsp3) is 0.176. The number of carbonyl (C=O) groups excluding carboxylic acids is 2. The Morgan fingerprint density at radius 1 is 1.13 bits per heavy atom. The number of anilines is 1. The van der Waals surface area contributed by atoms with E-state index in [4.69, 9.17) is 16.3 Å². The van der Waals surface area contributed by atoms with Gasteiger partial charge in [0.1, 0.15) is 5.75 Å². The predicted molar refractivity (Wildman–Crippen MR) is 90.0 cm³/mol. The predicted octanol–water partition coefficient (Wildman–Crippen LogP) is 3.11. The molecule has 0 atom stereocenters. The largest absolute Gasteiger partial charge is 0.493 e. The lowest BCUT2D eigenvalue weighted by Gasteiger charge is -2.10. The van der Waals surface area contributed by atoms with Crippen LogP contribution in [0.3, 0.4) is 0 Å². The van der Waals surface area contributed by atoms with E-state index >= 15 is 0 Å². The fourth-order valence-corrected chi connectivity index (χ4v) is 2.06. The van der Waals surface area contributed by atoms with Crippen molar-refractivity contribution in [1.29, 1.82) is 0 Å². The van der Waals surface area contributed by atoms with Crippen molar-refractivity contribution in [2.45, 2.75) is 6.42 Å². The van der Waals surface area contributed by atoms with Crippen molar-refractivity contribution >= 4 is 29.1 Å². The van der Waals surface area contributed by atoms with Crippen molar-refractivity contribution in [3.8, 4) is 5.75 Å². The van der Waals surface area contributed by atoms with E-state index in [0.717, 1.165) is 0 Å². The van der Waals surface area contributed by atoms with E-state index < -0.39 is 0 Å². The topological polar surface area (TPSA) is 67.4 Å². The summed E-state index contributed by atoms with van der Waals surface area (Å²) >= 11 is 6.04. The number of hydrogen-bond donors (Lipinski definition) is 2. The number of amides is 2. The molecule has 0 fully saturated rings. The number of hydrogen-bond acceptors (Lipinski definition) is 3. The van der Waals surface area contributed by atoms with Gasteiger partial charge in [-0.25, -0.2) is 0 Å². The van der Waals surface area contributed by atoms with Gasteiger partial charge in [-0.05, 0) is 30.3 Å². The average molecular weight is 333 g/mol. The molecule has 0 aliphatic rings. The summed E-state index contributed by atoms with van der Waals surface area (Å²) in [5.41, 5.74) is 0.824. The molecule has 0 unspecified atom stereocenters. The highest BCUT2D eigenvalue weighted by atomic mass is 35.5. The van der Waals surface area contributed by atoms with Crippen molar-refractivity contribution in [1.82, 2.24) is 5.32 Å². The molecule has 2 amide bonds. The van der Waals surface area contributed by atoms with Crippen LogP contribution in [-0.2, 0) is 4.79 Å². The molecule has 0 spiro atoms. The normalized spacial score (nSPS) is 10.0. The number of benzene rings is 2. The van der Waals surface area contributed by atoms with Gasteiger partial charge in [-0.2, -0.15) is 0 Å². The molecule has 2 N–H and O–H groups in total. The maximum Gasteiger partial charge on any atom is 0.251 e. The number of halogens is 1. The van der Waals surface area contributed by atoms with E-state index in [1.165, 1.54) is 13.1 Å². The Morgan fingerprint density at radius 3 is 2.57 bits per heavy atom. The molecule has 0 saturated carbocycles. The molecule has 0 heterocycles. The summed E-state index contributed by atoms with van der Waals surface area (Å²) < 4.78 is 5.47. The monoisotopic (exact) mass is 332 g/mol. The van der Waals surface area contributed by atoms with Crippen molar-refractivity contribution in [2.24, 2.45) is 0 Å². The van der Waals surface area contributed by atoms with Crippen LogP contribution in [0.5, 0.6) is 5.75 Å². The highest BCUT2D eigenvalue weighted by Crippen LogP contribution is 2.23. The van der Waals surface area contributed by atoms with Gasteiger partial charge < -0.3 is 15.4 Å². The van der Waals surface area contributed by atoms with Crippen molar-refractivity contribution in [3.05, 3.63) is 59.1 Å². The Labute approximate surface area is 139 Å². The van der Waals surface area contributed by atoms with Gasteiger partial charge in [-0.3, -0.25) is 9.59 Å². The van der Waals surface area contributed by atoms with Gasteiger partial charge in [-0.1, -0.05) is 29.8 Å². The Balaban J connectivity index is 1.91. The quantitative estimate of drug-likeness (QED) is 0.854. The molecule has 5 nitrogen and oxygen atoms in total. The van der Waals surface area contributed by atoms with E-state index in [2.05, 4.69) is 10.6 Å². The minimum absolute atomic E-state index is 0.176.